The molecule has 142 valence electrons. The van der Waals surface area contributed by atoms with E-state index in [0.29, 0.717) is 10.8 Å². The topological polar surface area (TPSA) is 64.6 Å². The van der Waals surface area contributed by atoms with Crippen LogP contribution in [0.25, 0.3) is 0 Å². The molecule has 5 nitrogen and oxygen atoms in total. The minimum Gasteiger partial charge on any atom is -0.506 e. The van der Waals surface area contributed by atoms with Crippen LogP contribution >= 0.6 is 12.2 Å². The zero-order valence-electron chi connectivity index (χ0n) is 15.4. The number of aryl methyl sites for hydroxylation is 1. The van der Waals surface area contributed by atoms with Crippen molar-refractivity contribution in [2.75, 3.05) is 23.7 Å². The lowest BCUT2D eigenvalue weighted by atomic mass is 9.96. The highest BCUT2D eigenvalue weighted by Gasteiger charge is 2.26. The number of carbonyl (C=O) groups is 1. The molecule has 0 unspecified atom stereocenters. The number of nitrogens with one attached hydrogen (secondary N) is 2. The van der Waals surface area contributed by atoms with Gasteiger partial charge in [0.05, 0.1) is 5.69 Å². The Morgan fingerprint density at radius 3 is 2.41 bits per heavy atom. The van der Waals surface area contributed by atoms with E-state index in [1.165, 1.54) is 5.56 Å². The first-order valence-electron chi connectivity index (χ1n) is 9.30. The molecule has 1 aliphatic heterocycles. The maximum atomic E-state index is 12.5. The normalized spacial score (nSPS) is 14.6. The third-order valence-corrected chi connectivity index (χ3v) is 5.29. The van der Waals surface area contributed by atoms with Crippen molar-refractivity contribution in [2.24, 2.45) is 5.92 Å². The van der Waals surface area contributed by atoms with Crippen LogP contribution < -0.4 is 10.6 Å². The number of carbonyl (C=O) groups excluding carboxylic acids is 1. The zero-order valence-corrected chi connectivity index (χ0v) is 16.3. The number of hydrogen-bond acceptors (Lipinski definition) is 3. The Hall–Kier alpha value is -2.60. The molecular formula is C21H25N3O2S. The molecule has 0 saturated carbocycles. The third kappa shape index (κ3) is 4.98. The summed E-state index contributed by atoms with van der Waals surface area (Å²) >= 11 is 5.52. The number of hydrogen-bond donors (Lipinski definition) is 3. The largest absolute Gasteiger partial charge is 0.506 e. The number of thiocarbonyl (C=S) groups is 1. The summed E-state index contributed by atoms with van der Waals surface area (Å²) in [6, 6.07) is 15.1. The summed E-state index contributed by atoms with van der Waals surface area (Å²) in [6.07, 6.45) is 2.48. The highest BCUT2D eigenvalue weighted by Crippen LogP contribution is 2.25. The van der Waals surface area contributed by atoms with Gasteiger partial charge in [-0.3, -0.25) is 4.79 Å². The smallest absolute Gasteiger partial charge is 0.227 e. The maximum absolute atomic E-state index is 12.5. The van der Waals surface area contributed by atoms with Crippen molar-refractivity contribution in [3.63, 3.8) is 0 Å². The fraction of sp³-hybridized carbons (Fsp3) is 0.333. The molecule has 0 bridgehead atoms. The summed E-state index contributed by atoms with van der Waals surface area (Å²) in [7, 11) is 0. The fourth-order valence-electron chi connectivity index (χ4n) is 3.19. The lowest BCUT2D eigenvalue weighted by Crippen LogP contribution is -2.43. The summed E-state index contributed by atoms with van der Waals surface area (Å²) in [6.45, 7) is 3.60. The fourth-order valence-corrected chi connectivity index (χ4v) is 3.49. The van der Waals surface area contributed by atoms with Gasteiger partial charge in [0.2, 0.25) is 5.91 Å². The van der Waals surface area contributed by atoms with E-state index in [2.05, 4.69) is 34.6 Å². The van der Waals surface area contributed by atoms with Crippen LogP contribution in [-0.2, 0) is 11.2 Å². The summed E-state index contributed by atoms with van der Waals surface area (Å²) in [5.41, 5.74) is 2.73. The second-order valence-electron chi connectivity index (χ2n) is 6.75. The minimum atomic E-state index is -0.0764. The molecule has 0 aliphatic carbocycles. The van der Waals surface area contributed by atoms with Crippen LogP contribution in [0.2, 0.25) is 0 Å². The van der Waals surface area contributed by atoms with Gasteiger partial charge in [-0.25, -0.2) is 0 Å². The van der Waals surface area contributed by atoms with Gasteiger partial charge in [0.1, 0.15) is 5.75 Å². The SMILES string of the molecule is CCc1ccc(NC(=S)N2CCC(C(=O)Nc3ccccc3O)CC2)cc1. The molecule has 1 saturated heterocycles. The van der Waals surface area contributed by atoms with Crippen LogP contribution in [0.1, 0.15) is 25.3 Å². The molecule has 1 heterocycles. The van der Waals surface area contributed by atoms with Crippen LogP contribution in [0.15, 0.2) is 48.5 Å². The van der Waals surface area contributed by atoms with Crippen LogP contribution in [-0.4, -0.2) is 34.1 Å². The van der Waals surface area contributed by atoms with Crippen molar-refractivity contribution in [2.45, 2.75) is 26.2 Å². The van der Waals surface area contributed by atoms with E-state index in [1.807, 2.05) is 12.1 Å². The number of phenolic OH excluding ortho intramolecular Hbond substituents is 1. The van der Waals surface area contributed by atoms with Crippen LogP contribution in [0.3, 0.4) is 0 Å². The van der Waals surface area contributed by atoms with E-state index in [1.54, 1.807) is 24.3 Å². The predicted molar refractivity (Wildman–Crippen MR) is 113 cm³/mol. The molecule has 27 heavy (non-hydrogen) atoms. The van der Waals surface area contributed by atoms with E-state index in [0.717, 1.165) is 38.0 Å². The molecule has 6 heteroatoms. The Labute approximate surface area is 165 Å². The first-order chi connectivity index (χ1) is 13.1. The molecule has 0 radical (unpaired) electrons. The van der Waals surface area contributed by atoms with E-state index in [4.69, 9.17) is 12.2 Å². The molecule has 3 N–H and O–H groups in total. The average molecular weight is 384 g/mol. The van der Waals surface area contributed by atoms with Gasteiger partial charge in [-0.15, -0.1) is 0 Å². The van der Waals surface area contributed by atoms with Crippen molar-refractivity contribution in [3.05, 3.63) is 54.1 Å². The number of amides is 1. The van der Waals surface area contributed by atoms with Gasteiger partial charge in [-0.1, -0.05) is 31.2 Å². The van der Waals surface area contributed by atoms with Crippen molar-refractivity contribution < 1.29 is 9.90 Å². The Bertz CT molecular complexity index is 799. The number of benzene rings is 2. The number of rotatable bonds is 4. The van der Waals surface area contributed by atoms with Crippen LogP contribution in [0.4, 0.5) is 11.4 Å². The number of nitrogens with zero attached hydrogens (tertiary/aromatic N) is 1. The van der Waals surface area contributed by atoms with Gasteiger partial charge in [-0.05, 0) is 61.3 Å². The Balaban J connectivity index is 1.49. The molecule has 2 aromatic rings. The Morgan fingerprint density at radius 1 is 1.11 bits per heavy atom. The molecule has 0 aromatic heterocycles. The van der Waals surface area contributed by atoms with Crippen molar-refractivity contribution in [1.29, 1.82) is 0 Å². The van der Waals surface area contributed by atoms with Gasteiger partial charge in [-0.2, -0.15) is 0 Å². The monoisotopic (exact) mass is 383 g/mol. The molecule has 0 atom stereocenters. The highest BCUT2D eigenvalue weighted by molar-refractivity contribution is 7.80. The highest BCUT2D eigenvalue weighted by atomic mass is 32.1. The van der Waals surface area contributed by atoms with Crippen molar-refractivity contribution >= 4 is 34.6 Å². The number of likely N-dealkylation sites (tertiary alicyclic amines) is 1. The second-order valence-corrected chi connectivity index (χ2v) is 7.14. The molecule has 3 rings (SSSR count). The first kappa shape index (κ1) is 19.2. The molecular weight excluding hydrogens is 358 g/mol. The van der Waals surface area contributed by atoms with E-state index in [9.17, 15) is 9.90 Å². The zero-order chi connectivity index (χ0) is 19.2. The van der Waals surface area contributed by atoms with Crippen molar-refractivity contribution in [1.82, 2.24) is 4.90 Å². The van der Waals surface area contributed by atoms with Gasteiger partial charge >= 0.3 is 0 Å². The minimum absolute atomic E-state index is 0.0508. The van der Waals surface area contributed by atoms with Crippen molar-refractivity contribution in [3.8, 4) is 5.75 Å². The lowest BCUT2D eigenvalue weighted by Gasteiger charge is -2.33. The van der Waals surface area contributed by atoms with Crippen LogP contribution in [0.5, 0.6) is 5.75 Å². The van der Waals surface area contributed by atoms with E-state index in [-0.39, 0.29) is 17.6 Å². The molecule has 1 aliphatic rings. The van der Waals surface area contributed by atoms with Crippen LogP contribution in [0, 0.1) is 5.92 Å². The number of anilines is 2. The number of aromatic hydroxyl groups is 1. The predicted octanol–water partition coefficient (Wildman–Crippen LogP) is 4.00. The Morgan fingerprint density at radius 2 is 1.78 bits per heavy atom. The summed E-state index contributed by atoms with van der Waals surface area (Å²) in [4.78, 5) is 14.6. The lowest BCUT2D eigenvalue weighted by molar-refractivity contribution is -0.121. The second kappa shape index (κ2) is 8.86. The summed E-state index contributed by atoms with van der Waals surface area (Å²) in [5, 5.41) is 16.6. The number of piperidine rings is 1. The maximum Gasteiger partial charge on any atom is 0.227 e. The quantitative estimate of drug-likeness (QED) is 0.550. The van der Waals surface area contributed by atoms with Gasteiger partial charge < -0.3 is 20.6 Å². The molecule has 0 spiro atoms. The van der Waals surface area contributed by atoms with E-state index >= 15 is 0 Å². The average Bonchev–Trinajstić information content (AvgIpc) is 2.70. The third-order valence-electron chi connectivity index (χ3n) is 4.93. The number of phenols is 1. The molecule has 1 fully saturated rings. The standard InChI is InChI=1S/C21H25N3O2S/c1-2-15-7-9-17(10-8-15)22-21(27)24-13-11-16(12-14-24)20(26)23-18-5-3-4-6-19(18)25/h3-10,16,25H,2,11-14H2,1H3,(H,22,27)(H,23,26). The van der Waals surface area contributed by atoms with Gasteiger partial charge in [0, 0.05) is 24.7 Å². The Kier molecular flexibility index (Phi) is 6.29. The number of para-hydroxylation sites is 2. The first-order valence-corrected chi connectivity index (χ1v) is 9.71. The molecule has 1 amide bonds. The van der Waals surface area contributed by atoms with E-state index < -0.39 is 0 Å². The summed E-state index contributed by atoms with van der Waals surface area (Å²) in [5.74, 6) is -0.0413. The molecule has 2 aromatic carbocycles. The van der Waals surface area contributed by atoms with Gasteiger partial charge in [0.25, 0.3) is 0 Å². The van der Waals surface area contributed by atoms with Gasteiger partial charge in [0.15, 0.2) is 5.11 Å². The summed E-state index contributed by atoms with van der Waals surface area (Å²) < 4.78 is 0.